The van der Waals surface area contributed by atoms with Gasteiger partial charge in [-0.25, -0.2) is 4.98 Å². The van der Waals surface area contributed by atoms with Crippen LogP contribution in [-0.4, -0.2) is 39.1 Å². The van der Waals surface area contributed by atoms with Gasteiger partial charge in [0, 0.05) is 19.0 Å². The summed E-state index contributed by atoms with van der Waals surface area (Å²) in [4.78, 5) is 4.27. The van der Waals surface area contributed by atoms with Gasteiger partial charge >= 0.3 is 0 Å². The molecule has 7 nitrogen and oxygen atoms in total. The number of aromatic nitrogens is 5. The van der Waals surface area contributed by atoms with Gasteiger partial charge in [0.05, 0.1) is 18.8 Å². The van der Waals surface area contributed by atoms with E-state index in [1.165, 1.54) is 0 Å². The molecule has 0 fully saturated rings. The van der Waals surface area contributed by atoms with E-state index in [1.807, 2.05) is 24.7 Å². The Kier molecular flexibility index (Phi) is 4.40. The Morgan fingerprint density at radius 2 is 2.21 bits per heavy atom. The minimum Gasteiger partial charge on any atom is -0.480 e. The van der Waals surface area contributed by atoms with Gasteiger partial charge in [0.25, 0.3) is 0 Å². The fraction of sp³-hybridized carbons (Fsp3) is 0.500. The zero-order valence-corrected chi connectivity index (χ0v) is 11.4. The van der Waals surface area contributed by atoms with E-state index in [1.54, 1.807) is 19.5 Å². The first kappa shape index (κ1) is 13.4. The smallest absolute Gasteiger partial charge is 0.233 e. The van der Waals surface area contributed by atoms with Gasteiger partial charge < -0.3 is 10.1 Å². The summed E-state index contributed by atoms with van der Waals surface area (Å²) in [5.41, 5.74) is 0.856. The molecule has 0 spiro atoms. The third-order valence-corrected chi connectivity index (χ3v) is 2.96. The molecule has 1 unspecified atom stereocenters. The quantitative estimate of drug-likeness (QED) is 0.821. The Hall–Kier alpha value is -2.02. The van der Waals surface area contributed by atoms with Crippen molar-refractivity contribution in [1.82, 2.24) is 30.3 Å². The first-order valence-corrected chi connectivity index (χ1v) is 6.20. The highest BCUT2D eigenvalue weighted by Crippen LogP contribution is 2.15. The minimum absolute atomic E-state index is 0.0490. The van der Waals surface area contributed by atoms with Crippen LogP contribution in [0.3, 0.4) is 0 Å². The minimum atomic E-state index is 0.0490. The van der Waals surface area contributed by atoms with Gasteiger partial charge in [0.2, 0.25) is 5.88 Å². The van der Waals surface area contributed by atoms with Crippen LogP contribution in [0.5, 0.6) is 5.88 Å². The average Bonchev–Trinajstić information content (AvgIpc) is 2.92. The molecule has 2 aromatic rings. The van der Waals surface area contributed by atoms with E-state index in [9.17, 15) is 0 Å². The van der Waals surface area contributed by atoms with Crippen LogP contribution >= 0.6 is 0 Å². The average molecular weight is 262 g/mol. The van der Waals surface area contributed by atoms with E-state index < -0.39 is 0 Å². The summed E-state index contributed by atoms with van der Waals surface area (Å²) in [6.45, 7) is 2.85. The molecule has 0 saturated heterocycles. The van der Waals surface area contributed by atoms with Gasteiger partial charge in [-0.2, -0.15) is 10.2 Å². The first-order chi connectivity index (χ1) is 9.28. The number of aryl methyl sites for hydroxylation is 1. The lowest BCUT2D eigenvalue weighted by atomic mass is 10.1. The largest absolute Gasteiger partial charge is 0.480 e. The van der Waals surface area contributed by atoms with Gasteiger partial charge in [-0.3, -0.25) is 4.68 Å². The second-order valence-electron chi connectivity index (χ2n) is 4.04. The highest BCUT2D eigenvalue weighted by Gasteiger charge is 2.15. The van der Waals surface area contributed by atoms with Crippen molar-refractivity contribution in [2.24, 2.45) is 0 Å². The number of likely N-dealkylation sites (N-methyl/N-ethyl adjacent to an activating group) is 1. The standard InChI is InChI=1S/C12H18N6O/c1-4-18-11(14-8-15-18)7-10(13-2)9-5-6-12(19-3)17-16-9/h5-6,8,10,13H,4,7H2,1-3H3. The summed E-state index contributed by atoms with van der Waals surface area (Å²) in [6.07, 6.45) is 2.29. The molecule has 0 aliphatic heterocycles. The number of hydrogen-bond acceptors (Lipinski definition) is 6. The second kappa shape index (κ2) is 6.24. The van der Waals surface area contributed by atoms with Crippen molar-refractivity contribution in [3.05, 3.63) is 30.0 Å². The SMILES string of the molecule is CCn1ncnc1CC(NC)c1ccc(OC)nn1. The zero-order chi connectivity index (χ0) is 13.7. The van der Waals surface area contributed by atoms with E-state index in [2.05, 4.69) is 25.6 Å². The van der Waals surface area contributed by atoms with Gasteiger partial charge in [-0.15, -0.1) is 5.10 Å². The van der Waals surface area contributed by atoms with Crippen molar-refractivity contribution in [2.75, 3.05) is 14.2 Å². The van der Waals surface area contributed by atoms with Crippen molar-refractivity contribution in [3.8, 4) is 5.88 Å². The lowest BCUT2D eigenvalue weighted by Crippen LogP contribution is -2.22. The maximum atomic E-state index is 5.00. The Labute approximate surface area is 112 Å². The lowest BCUT2D eigenvalue weighted by molar-refractivity contribution is 0.389. The molecule has 0 radical (unpaired) electrons. The van der Waals surface area contributed by atoms with Crippen LogP contribution in [0.25, 0.3) is 0 Å². The predicted molar refractivity (Wildman–Crippen MR) is 69.8 cm³/mol. The van der Waals surface area contributed by atoms with E-state index in [0.29, 0.717) is 12.3 Å². The summed E-state index contributed by atoms with van der Waals surface area (Å²) in [5.74, 6) is 1.44. The summed E-state index contributed by atoms with van der Waals surface area (Å²) >= 11 is 0. The highest BCUT2D eigenvalue weighted by atomic mass is 16.5. The molecule has 2 aromatic heterocycles. The maximum Gasteiger partial charge on any atom is 0.233 e. The molecule has 2 heterocycles. The molecule has 2 rings (SSSR count). The summed E-state index contributed by atoms with van der Waals surface area (Å²) in [6, 6.07) is 3.75. The number of rotatable bonds is 6. The fourth-order valence-electron chi connectivity index (χ4n) is 1.87. The molecule has 0 saturated carbocycles. The van der Waals surface area contributed by atoms with Crippen molar-refractivity contribution in [1.29, 1.82) is 0 Å². The molecule has 0 aromatic carbocycles. The molecular weight excluding hydrogens is 244 g/mol. The Morgan fingerprint density at radius 1 is 1.37 bits per heavy atom. The van der Waals surface area contributed by atoms with Crippen molar-refractivity contribution in [2.45, 2.75) is 25.9 Å². The van der Waals surface area contributed by atoms with Crippen LogP contribution in [0, 0.1) is 0 Å². The van der Waals surface area contributed by atoms with E-state index in [0.717, 1.165) is 18.1 Å². The first-order valence-electron chi connectivity index (χ1n) is 6.20. The topological polar surface area (TPSA) is 77.8 Å². The number of ether oxygens (including phenoxy) is 1. The summed E-state index contributed by atoms with van der Waals surface area (Å²) in [5, 5.41) is 15.5. The monoisotopic (exact) mass is 262 g/mol. The number of hydrogen-bond donors (Lipinski definition) is 1. The molecular formula is C12H18N6O. The van der Waals surface area contributed by atoms with E-state index in [-0.39, 0.29) is 6.04 Å². The van der Waals surface area contributed by atoms with Crippen molar-refractivity contribution in [3.63, 3.8) is 0 Å². The third-order valence-electron chi connectivity index (χ3n) is 2.96. The zero-order valence-electron chi connectivity index (χ0n) is 11.4. The fourth-order valence-corrected chi connectivity index (χ4v) is 1.87. The van der Waals surface area contributed by atoms with Crippen LogP contribution in [0.4, 0.5) is 0 Å². The molecule has 7 heteroatoms. The summed E-state index contributed by atoms with van der Waals surface area (Å²) < 4.78 is 6.88. The van der Waals surface area contributed by atoms with Crippen molar-refractivity contribution < 1.29 is 4.74 Å². The van der Waals surface area contributed by atoms with E-state index in [4.69, 9.17) is 4.74 Å². The molecule has 0 amide bonds. The second-order valence-corrected chi connectivity index (χ2v) is 4.04. The maximum absolute atomic E-state index is 5.00. The summed E-state index contributed by atoms with van der Waals surface area (Å²) in [7, 11) is 3.46. The van der Waals surface area contributed by atoms with E-state index >= 15 is 0 Å². The van der Waals surface area contributed by atoms with Gasteiger partial charge in [-0.05, 0) is 20.0 Å². The number of methoxy groups -OCH3 is 1. The highest BCUT2D eigenvalue weighted by molar-refractivity contribution is 5.15. The Balaban J connectivity index is 2.15. The van der Waals surface area contributed by atoms with Crippen molar-refractivity contribution >= 4 is 0 Å². The predicted octanol–water partition coefficient (Wildman–Crippen LogP) is 0.600. The molecule has 19 heavy (non-hydrogen) atoms. The third kappa shape index (κ3) is 3.05. The van der Waals surface area contributed by atoms with Gasteiger partial charge in [0.1, 0.15) is 12.2 Å². The van der Waals surface area contributed by atoms with Crippen LogP contribution in [0.15, 0.2) is 18.5 Å². The Bertz CT molecular complexity index is 509. The number of nitrogens with zero attached hydrogens (tertiary/aromatic N) is 5. The molecule has 0 aliphatic carbocycles. The molecule has 0 aliphatic rings. The molecule has 0 bridgehead atoms. The lowest BCUT2D eigenvalue weighted by Gasteiger charge is -2.15. The van der Waals surface area contributed by atoms with Gasteiger partial charge in [-0.1, -0.05) is 0 Å². The van der Waals surface area contributed by atoms with Crippen LogP contribution in [-0.2, 0) is 13.0 Å². The van der Waals surface area contributed by atoms with Crippen LogP contribution in [0.1, 0.15) is 24.5 Å². The molecule has 1 atom stereocenters. The molecule has 102 valence electrons. The normalized spacial score (nSPS) is 12.4. The van der Waals surface area contributed by atoms with Crippen LogP contribution < -0.4 is 10.1 Å². The molecule has 1 N–H and O–H groups in total. The Morgan fingerprint density at radius 3 is 2.79 bits per heavy atom. The number of nitrogens with one attached hydrogen (secondary N) is 1. The van der Waals surface area contributed by atoms with Gasteiger partial charge in [0.15, 0.2) is 0 Å². The van der Waals surface area contributed by atoms with Crippen LogP contribution in [0.2, 0.25) is 0 Å².